The lowest BCUT2D eigenvalue weighted by Crippen LogP contribution is -2.24. The van der Waals surface area contributed by atoms with Crippen LogP contribution in [0, 0.1) is 6.92 Å². The summed E-state index contributed by atoms with van der Waals surface area (Å²) in [5.74, 6) is 0. The Kier molecular flexibility index (Phi) is 4.55. The fourth-order valence-corrected chi connectivity index (χ4v) is 4.58. The van der Waals surface area contributed by atoms with Crippen molar-refractivity contribution < 1.29 is 8.42 Å². The van der Waals surface area contributed by atoms with Crippen LogP contribution in [-0.4, -0.2) is 13.4 Å². The number of halogens is 2. The highest BCUT2D eigenvalue weighted by atomic mass is 35.5. The Morgan fingerprint density at radius 3 is 2.45 bits per heavy atom. The van der Waals surface area contributed by atoms with Crippen LogP contribution < -0.4 is 10.5 Å². The third-order valence-corrected chi connectivity index (χ3v) is 5.61. The smallest absolute Gasteiger partial charge is 0.243 e. The van der Waals surface area contributed by atoms with Crippen LogP contribution in [0.4, 0.5) is 5.69 Å². The number of nitrogen functional groups attached to an aromatic ring is 1. The maximum atomic E-state index is 12.2. The number of thiazole rings is 1. The van der Waals surface area contributed by atoms with Gasteiger partial charge in [-0.05, 0) is 19.1 Å². The highest BCUT2D eigenvalue weighted by molar-refractivity contribution is 7.89. The van der Waals surface area contributed by atoms with Crippen LogP contribution in [0.1, 0.15) is 9.88 Å². The Morgan fingerprint density at radius 1 is 1.35 bits per heavy atom. The van der Waals surface area contributed by atoms with Gasteiger partial charge in [0.05, 0.1) is 16.6 Å². The molecular formula is C11H11Cl2N3O2S2. The molecule has 0 bridgehead atoms. The first-order valence-electron chi connectivity index (χ1n) is 5.45. The third-order valence-electron chi connectivity index (χ3n) is 2.37. The number of aryl methyl sites for hydroxylation is 1. The summed E-state index contributed by atoms with van der Waals surface area (Å²) in [6.45, 7) is 1.97. The SMILES string of the molecule is Cc1cnc(CNS(=O)(=O)c2c(Cl)cc(N)cc2Cl)s1. The normalized spacial score (nSPS) is 11.8. The molecule has 108 valence electrons. The Morgan fingerprint density at radius 2 is 1.95 bits per heavy atom. The molecule has 0 atom stereocenters. The zero-order chi connectivity index (χ0) is 14.9. The summed E-state index contributed by atoms with van der Waals surface area (Å²) < 4.78 is 26.9. The second-order valence-corrected chi connectivity index (χ2v) is 7.84. The van der Waals surface area contributed by atoms with Gasteiger partial charge in [0.2, 0.25) is 10.0 Å². The van der Waals surface area contributed by atoms with Gasteiger partial charge in [-0.15, -0.1) is 11.3 Å². The molecule has 0 aliphatic rings. The summed E-state index contributed by atoms with van der Waals surface area (Å²) in [7, 11) is -3.83. The van der Waals surface area contributed by atoms with Crippen molar-refractivity contribution in [1.29, 1.82) is 0 Å². The van der Waals surface area contributed by atoms with E-state index in [1.54, 1.807) is 6.20 Å². The fraction of sp³-hybridized carbons (Fsp3) is 0.182. The maximum Gasteiger partial charge on any atom is 0.243 e. The van der Waals surface area contributed by atoms with Crippen molar-refractivity contribution in [3.63, 3.8) is 0 Å². The lowest BCUT2D eigenvalue weighted by Gasteiger charge is -2.10. The van der Waals surface area contributed by atoms with E-state index in [4.69, 9.17) is 28.9 Å². The molecule has 20 heavy (non-hydrogen) atoms. The summed E-state index contributed by atoms with van der Waals surface area (Å²) in [6, 6.07) is 2.69. The molecule has 9 heteroatoms. The quantitative estimate of drug-likeness (QED) is 0.829. The molecule has 0 spiro atoms. The third kappa shape index (κ3) is 3.42. The number of sulfonamides is 1. The van der Waals surface area contributed by atoms with Crippen LogP contribution in [0.3, 0.4) is 0 Å². The van der Waals surface area contributed by atoms with Crippen LogP contribution in [0.25, 0.3) is 0 Å². The fourth-order valence-electron chi connectivity index (χ4n) is 1.55. The number of nitrogens with one attached hydrogen (secondary N) is 1. The largest absolute Gasteiger partial charge is 0.399 e. The standard InChI is InChI=1S/C11H11Cl2N3O2S2/c1-6-4-15-10(19-6)5-16-20(17,18)11-8(12)2-7(14)3-9(11)13/h2-4,16H,5,14H2,1H3. The van der Waals surface area contributed by atoms with E-state index >= 15 is 0 Å². The highest BCUT2D eigenvalue weighted by Crippen LogP contribution is 2.31. The average molecular weight is 352 g/mol. The summed E-state index contributed by atoms with van der Waals surface area (Å²) in [4.78, 5) is 4.90. The molecule has 1 aromatic heterocycles. The number of hydrogen-bond donors (Lipinski definition) is 2. The molecule has 2 rings (SSSR count). The zero-order valence-corrected chi connectivity index (χ0v) is 13.5. The van der Waals surface area contributed by atoms with Gasteiger partial charge < -0.3 is 5.73 Å². The monoisotopic (exact) mass is 351 g/mol. The molecule has 0 aliphatic carbocycles. The van der Waals surface area contributed by atoms with E-state index in [9.17, 15) is 8.42 Å². The van der Waals surface area contributed by atoms with E-state index in [1.165, 1.54) is 23.5 Å². The predicted molar refractivity (Wildman–Crippen MR) is 81.8 cm³/mol. The summed E-state index contributed by atoms with van der Waals surface area (Å²) in [5, 5.41) is 0.629. The zero-order valence-electron chi connectivity index (χ0n) is 10.4. The van der Waals surface area contributed by atoms with Crippen molar-refractivity contribution in [3.05, 3.63) is 38.3 Å². The van der Waals surface area contributed by atoms with Gasteiger partial charge >= 0.3 is 0 Å². The van der Waals surface area contributed by atoms with E-state index in [0.717, 1.165) is 4.88 Å². The minimum absolute atomic E-state index is 0.0159. The lowest BCUT2D eigenvalue weighted by molar-refractivity contribution is 0.581. The lowest BCUT2D eigenvalue weighted by atomic mass is 10.3. The number of nitrogens with two attached hydrogens (primary N) is 1. The number of nitrogens with zero attached hydrogens (tertiary/aromatic N) is 1. The molecule has 0 unspecified atom stereocenters. The Hall–Kier alpha value is -0.860. The summed E-state index contributed by atoms with van der Waals surface area (Å²) in [5.41, 5.74) is 5.85. The number of rotatable bonds is 4. The Balaban J connectivity index is 2.27. The number of benzene rings is 1. The summed E-state index contributed by atoms with van der Waals surface area (Å²) >= 11 is 13.2. The maximum absolute atomic E-state index is 12.2. The van der Waals surface area contributed by atoms with Gasteiger partial charge in [0.15, 0.2) is 0 Å². The molecule has 2 aromatic rings. The molecule has 5 nitrogen and oxygen atoms in total. The topological polar surface area (TPSA) is 85.1 Å². The van der Waals surface area contributed by atoms with Gasteiger partial charge in [-0.3, -0.25) is 0 Å². The van der Waals surface area contributed by atoms with Crippen LogP contribution in [0.5, 0.6) is 0 Å². The van der Waals surface area contributed by atoms with Crippen LogP contribution in [0.2, 0.25) is 10.0 Å². The van der Waals surface area contributed by atoms with Crippen molar-refractivity contribution in [3.8, 4) is 0 Å². The van der Waals surface area contributed by atoms with Gasteiger partial charge in [-0.25, -0.2) is 18.1 Å². The van der Waals surface area contributed by atoms with Crippen molar-refractivity contribution in [2.75, 3.05) is 5.73 Å². The van der Waals surface area contributed by atoms with E-state index < -0.39 is 10.0 Å². The minimum Gasteiger partial charge on any atom is -0.399 e. The van der Waals surface area contributed by atoms with E-state index in [-0.39, 0.29) is 21.5 Å². The molecule has 3 N–H and O–H groups in total. The summed E-state index contributed by atoms with van der Waals surface area (Å²) in [6.07, 6.45) is 1.68. The number of aromatic nitrogens is 1. The molecule has 0 saturated carbocycles. The Bertz CT molecular complexity index is 721. The number of anilines is 1. The van der Waals surface area contributed by atoms with Gasteiger partial charge in [0.25, 0.3) is 0 Å². The Labute approximate surface area is 130 Å². The van der Waals surface area contributed by atoms with Crippen LogP contribution >= 0.6 is 34.5 Å². The molecule has 0 aliphatic heterocycles. The second-order valence-electron chi connectivity index (χ2n) is 4.00. The first kappa shape index (κ1) is 15.5. The van der Waals surface area contributed by atoms with Gasteiger partial charge in [0, 0.05) is 16.8 Å². The molecule has 0 fully saturated rings. The van der Waals surface area contributed by atoms with Crippen molar-refractivity contribution in [1.82, 2.24) is 9.71 Å². The van der Waals surface area contributed by atoms with E-state index in [2.05, 4.69) is 9.71 Å². The van der Waals surface area contributed by atoms with Gasteiger partial charge in [-0.1, -0.05) is 23.2 Å². The molecular weight excluding hydrogens is 341 g/mol. The first-order valence-corrected chi connectivity index (χ1v) is 8.50. The van der Waals surface area contributed by atoms with Crippen LogP contribution in [-0.2, 0) is 16.6 Å². The average Bonchev–Trinajstić information content (AvgIpc) is 2.71. The molecule has 0 amide bonds. The first-order chi connectivity index (χ1) is 9.29. The second kappa shape index (κ2) is 5.87. The van der Waals surface area contributed by atoms with Crippen LogP contribution in [0.15, 0.2) is 23.2 Å². The molecule has 0 radical (unpaired) electrons. The van der Waals surface area contributed by atoms with E-state index in [1.807, 2.05) is 6.92 Å². The molecule has 1 aromatic carbocycles. The minimum atomic E-state index is -3.83. The van der Waals surface area contributed by atoms with Crippen molar-refractivity contribution in [2.24, 2.45) is 0 Å². The van der Waals surface area contributed by atoms with Gasteiger partial charge in [-0.2, -0.15) is 0 Å². The van der Waals surface area contributed by atoms with Gasteiger partial charge in [0.1, 0.15) is 9.90 Å². The molecule has 0 saturated heterocycles. The molecule has 1 heterocycles. The predicted octanol–water partition coefficient (Wildman–Crippen LogP) is 2.82. The highest BCUT2D eigenvalue weighted by Gasteiger charge is 2.22. The van der Waals surface area contributed by atoms with Crippen molar-refractivity contribution >= 4 is 50.2 Å². The van der Waals surface area contributed by atoms with E-state index in [0.29, 0.717) is 10.7 Å². The number of hydrogen-bond acceptors (Lipinski definition) is 5. The van der Waals surface area contributed by atoms with Crippen molar-refractivity contribution in [2.45, 2.75) is 18.4 Å².